The quantitative estimate of drug-likeness (QED) is 0.382. The second-order valence-electron chi connectivity index (χ2n) is 8.66. The lowest BCUT2D eigenvalue weighted by Crippen LogP contribution is -2.45. The van der Waals surface area contributed by atoms with Crippen molar-refractivity contribution in [1.82, 2.24) is 4.90 Å². The van der Waals surface area contributed by atoms with Crippen LogP contribution in [0.25, 0.3) is 0 Å². The molecule has 3 rings (SSSR count). The first-order valence-electron chi connectivity index (χ1n) is 11.4. The molecule has 2 aliphatic rings. The van der Waals surface area contributed by atoms with E-state index in [9.17, 15) is 14.4 Å². The molecule has 1 aromatic carbocycles. The van der Waals surface area contributed by atoms with Crippen molar-refractivity contribution in [2.24, 2.45) is 5.92 Å². The van der Waals surface area contributed by atoms with Gasteiger partial charge in [-0.25, -0.2) is 0 Å². The lowest BCUT2D eigenvalue weighted by atomic mass is 9.87. The number of allylic oxidation sites excluding steroid dienone is 1. The summed E-state index contributed by atoms with van der Waals surface area (Å²) in [7, 11) is 4.79. The molecular weight excluding hydrogens is 438 g/mol. The Morgan fingerprint density at radius 3 is 2.50 bits per heavy atom. The number of likely N-dealkylation sites (tertiary alicyclic amines) is 1. The van der Waals surface area contributed by atoms with Gasteiger partial charge in [0, 0.05) is 40.2 Å². The number of amides is 1. The minimum absolute atomic E-state index is 0.0575. The van der Waals surface area contributed by atoms with E-state index < -0.39 is 23.2 Å². The van der Waals surface area contributed by atoms with Crippen molar-refractivity contribution in [2.75, 3.05) is 41.0 Å². The van der Waals surface area contributed by atoms with Crippen molar-refractivity contribution in [1.29, 1.82) is 0 Å². The fraction of sp³-hybridized carbons (Fsp3) is 0.500. The first kappa shape index (κ1) is 25.6. The highest BCUT2D eigenvalue weighted by Gasteiger charge is 2.41. The van der Waals surface area contributed by atoms with Gasteiger partial charge in [-0.15, -0.1) is 0 Å². The molecule has 0 radical (unpaired) electrons. The van der Waals surface area contributed by atoms with E-state index in [-0.39, 0.29) is 31.6 Å². The van der Waals surface area contributed by atoms with Crippen LogP contribution in [0.1, 0.15) is 25.3 Å². The highest BCUT2D eigenvalue weighted by atomic mass is 16.6. The molecule has 184 valence electrons. The number of methoxy groups -OCH3 is 3. The first-order chi connectivity index (χ1) is 16.3. The van der Waals surface area contributed by atoms with E-state index in [4.69, 9.17) is 18.9 Å². The van der Waals surface area contributed by atoms with Gasteiger partial charge in [0.2, 0.25) is 5.78 Å². The molecule has 1 heterocycles. The fourth-order valence-corrected chi connectivity index (χ4v) is 4.34. The third kappa shape index (κ3) is 5.74. The molecule has 3 atom stereocenters. The molecule has 0 saturated carbocycles. The third-order valence-electron chi connectivity index (χ3n) is 6.50. The molecule has 8 heteroatoms. The van der Waals surface area contributed by atoms with Crippen LogP contribution in [0.15, 0.2) is 53.8 Å². The van der Waals surface area contributed by atoms with E-state index in [1.807, 2.05) is 49.4 Å². The molecule has 2 unspecified atom stereocenters. The second kappa shape index (κ2) is 11.4. The smallest absolute Gasteiger partial charge is 0.310 e. The predicted molar refractivity (Wildman–Crippen MR) is 125 cm³/mol. The molecule has 8 nitrogen and oxygen atoms in total. The van der Waals surface area contributed by atoms with Crippen LogP contribution in [-0.4, -0.2) is 75.3 Å². The number of ketones is 1. The second-order valence-corrected chi connectivity index (χ2v) is 8.66. The van der Waals surface area contributed by atoms with E-state index in [0.29, 0.717) is 25.1 Å². The molecule has 1 amide bonds. The minimum atomic E-state index is -0.735. The van der Waals surface area contributed by atoms with E-state index in [1.54, 1.807) is 21.3 Å². The average Bonchev–Trinajstić information content (AvgIpc) is 3.35. The van der Waals surface area contributed by atoms with Crippen molar-refractivity contribution in [3.63, 3.8) is 0 Å². The average molecular weight is 472 g/mol. The fourth-order valence-electron chi connectivity index (χ4n) is 4.34. The Morgan fingerprint density at radius 1 is 1.12 bits per heavy atom. The Hall–Kier alpha value is -2.97. The van der Waals surface area contributed by atoms with Gasteiger partial charge in [0.25, 0.3) is 5.91 Å². The summed E-state index contributed by atoms with van der Waals surface area (Å²) in [6.45, 7) is 2.65. The van der Waals surface area contributed by atoms with Crippen molar-refractivity contribution in [3.8, 4) is 0 Å². The van der Waals surface area contributed by atoms with Crippen molar-refractivity contribution in [3.05, 3.63) is 59.4 Å². The van der Waals surface area contributed by atoms with Gasteiger partial charge in [-0.05, 0) is 36.6 Å². The number of hydrogen-bond acceptors (Lipinski definition) is 7. The zero-order chi connectivity index (χ0) is 24.7. The van der Waals surface area contributed by atoms with Gasteiger partial charge >= 0.3 is 5.97 Å². The Morgan fingerprint density at radius 2 is 1.85 bits per heavy atom. The zero-order valence-corrected chi connectivity index (χ0v) is 20.2. The summed E-state index contributed by atoms with van der Waals surface area (Å²) in [4.78, 5) is 38.9. The summed E-state index contributed by atoms with van der Waals surface area (Å²) < 4.78 is 22.2. The van der Waals surface area contributed by atoms with E-state index in [1.165, 1.54) is 4.90 Å². The lowest BCUT2D eigenvalue weighted by Gasteiger charge is -2.37. The number of hydrogen-bond donors (Lipinski definition) is 0. The van der Waals surface area contributed by atoms with Crippen molar-refractivity contribution in [2.45, 2.75) is 37.9 Å². The third-order valence-corrected chi connectivity index (χ3v) is 6.50. The van der Waals surface area contributed by atoms with Crippen LogP contribution < -0.4 is 0 Å². The Kier molecular flexibility index (Phi) is 8.63. The summed E-state index contributed by atoms with van der Waals surface area (Å²) in [5, 5.41) is 0. The summed E-state index contributed by atoms with van der Waals surface area (Å²) in [5.41, 5.74) is 0.975. The van der Waals surface area contributed by atoms with Gasteiger partial charge in [-0.2, -0.15) is 0 Å². The molecular formula is C26H33NO7. The van der Waals surface area contributed by atoms with Gasteiger partial charge in [-0.1, -0.05) is 30.3 Å². The van der Waals surface area contributed by atoms with Gasteiger partial charge in [0.05, 0.1) is 19.6 Å². The molecule has 1 aromatic rings. The monoisotopic (exact) mass is 471 g/mol. The molecule has 1 fully saturated rings. The highest BCUT2D eigenvalue weighted by molar-refractivity contribution is 6.36. The van der Waals surface area contributed by atoms with Gasteiger partial charge in [0.1, 0.15) is 11.9 Å². The Balaban J connectivity index is 1.48. The van der Waals surface area contributed by atoms with Crippen LogP contribution in [0.5, 0.6) is 0 Å². The van der Waals surface area contributed by atoms with Gasteiger partial charge in [-0.3, -0.25) is 14.4 Å². The van der Waals surface area contributed by atoms with Gasteiger partial charge < -0.3 is 23.8 Å². The number of carbonyl (C=O) groups excluding carboxylic acids is 3. The van der Waals surface area contributed by atoms with E-state index in [0.717, 1.165) is 11.1 Å². The van der Waals surface area contributed by atoms with Crippen LogP contribution in [0.3, 0.4) is 0 Å². The molecule has 0 N–H and O–H groups in total. The topological polar surface area (TPSA) is 91.4 Å². The number of carbonyl (C=O) groups is 3. The maximum atomic E-state index is 12.6. The van der Waals surface area contributed by atoms with Crippen LogP contribution in [0.4, 0.5) is 0 Å². The van der Waals surface area contributed by atoms with Crippen LogP contribution >= 0.6 is 0 Å². The number of benzene rings is 1. The number of ether oxygens (including phenoxy) is 4. The summed E-state index contributed by atoms with van der Waals surface area (Å²) in [5.74, 6) is -1.17. The first-order valence-corrected chi connectivity index (χ1v) is 11.4. The maximum absolute atomic E-state index is 12.6. The molecule has 1 aliphatic carbocycles. The largest absolute Gasteiger partial charge is 0.498 e. The van der Waals surface area contributed by atoms with E-state index in [2.05, 4.69) is 0 Å². The minimum Gasteiger partial charge on any atom is -0.498 e. The molecule has 34 heavy (non-hydrogen) atoms. The SMILES string of the molecule is COC1=CC(CCOC(=O)[C@@H]2CCN(C(=O)C(=O)Cc3ccccc3)C2)=CC(OC)C1(C)OC. The van der Waals surface area contributed by atoms with E-state index >= 15 is 0 Å². The number of rotatable bonds is 10. The molecule has 0 spiro atoms. The zero-order valence-electron chi connectivity index (χ0n) is 20.2. The number of nitrogens with zero attached hydrogens (tertiary/aromatic N) is 1. The Bertz CT molecular complexity index is 955. The van der Waals surface area contributed by atoms with Gasteiger partial charge in [0.15, 0.2) is 5.60 Å². The standard InChI is InChI=1S/C26H33NO7/c1-26(33-4)22(31-2)15-19(16-23(26)32-3)11-13-34-25(30)20-10-12-27(17-20)24(29)21(28)14-18-8-6-5-7-9-18/h5-9,15-16,20,22H,10-14,17H2,1-4H3/t20-,22?,26?/m1/s1. The summed E-state index contributed by atoms with van der Waals surface area (Å²) in [6.07, 6.45) is 4.50. The predicted octanol–water partition coefficient (Wildman–Crippen LogP) is 2.47. The highest BCUT2D eigenvalue weighted by Crippen LogP contribution is 2.34. The van der Waals surface area contributed by atoms with Crippen molar-refractivity contribution < 1.29 is 33.3 Å². The molecule has 0 aromatic heterocycles. The maximum Gasteiger partial charge on any atom is 0.310 e. The number of esters is 1. The normalized spacial score (nSPS) is 24.3. The number of Topliss-reactive ketones (excluding diaryl/α,β-unsaturated/α-hetero) is 1. The lowest BCUT2D eigenvalue weighted by molar-refractivity contribution is -0.149. The van der Waals surface area contributed by atoms with Crippen LogP contribution in [-0.2, 0) is 39.8 Å². The molecule has 1 saturated heterocycles. The van der Waals surface area contributed by atoms with Crippen LogP contribution in [0, 0.1) is 5.92 Å². The van der Waals surface area contributed by atoms with Crippen molar-refractivity contribution >= 4 is 17.7 Å². The molecule has 0 bridgehead atoms. The van der Waals surface area contributed by atoms with Crippen LogP contribution in [0.2, 0.25) is 0 Å². The molecule has 1 aliphatic heterocycles. The Labute approximate surface area is 200 Å². The summed E-state index contributed by atoms with van der Waals surface area (Å²) >= 11 is 0. The summed E-state index contributed by atoms with van der Waals surface area (Å²) in [6, 6.07) is 9.14.